The zero-order valence-corrected chi connectivity index (χ0v) is 38.2. The number of fused-ring (bicyclic) bond motifs is 2. The molecule has 1 heterocycles. The van der Waals surface area contributed by atoms with E-state index >= 15 is 0 Å². The summed E-state index contributed by atoms with van der Waals surface area (Å²) in [4.78, 5) is 9.93. The molecule has 0 spiro atoms. The maximum Gasteiger partial charge on any atom is 2.00 e. The van der Waals surface area contributed by atoms with Gasteiger partial charge in [0, 0.05) is 0 Å². The average molecular weight is 1090 g/mol. The number of hydrogen-bond acceptors (Lipinski definition) is 6. The van der Waals surface area contributed by atoms with Crippen molar-refractivity contribution in [1.29, 1.82) is 0 Å². The SMILES string of the molecule is CC(=Nc1c(C)cccc1C)C(C)=Nc1c(C(C)C)cccc1C(C)C.[Ni+2].[O-]c1c([O-])c(Br)c2c(c1Br)Oc1c(Br)c(Br)c(Br)c(Br)c1O2. The first kappa shape index (κ1) is 42.2. The van der Waals surface area contributed by atoms with E-state index in [4.69, 9.17) is 19.5 Å². The fourth-order valence-electron chi connectivity index (χ4n) is 4.89. The van der Waals surface area contributed by atoms with Gasteiger partial charge in [0.2, 0.25) is 0 Å². The van der Waals surface area contributed by atoms with E-state index in [1.165, 1.54) is 22.3 Å². The maximum atomic E-state index is 11.9. The molecule has 0 unspecified atom stereocenters. The molecule has 0 amide bonds. The molecule has 4 aromatic carbocycles. The van der Waals surface area contributed by atoms with Crippen LogP contribution < -0.4 is 19.7 Å². The summed E-state index contributed by atoms with van der Waals surface area (Å²) >= 11 is 19.8. The van der Waals surface area contributed by atoms with Gasteiger partial charge in [-0.1, -0.05) is 75.6 Å². The Balaban J connectivity index is 0.000000263. The van der Waals surface area contributed by atoms with Crippen LogP contribution in [0.5, 0.6) is 34.5 Å². The molecule has 1 aliphatic rings. The van der Waals surface area contributed by atoms with Crippen LogP contribution in [0.4, 0.5) is 11.4 Å². The maximum absolute atomic E-state index is 11.9. The van der Waals surface area contributed by atoms with Gasteiger partial charge in [-0.15, -0.1) is 0 Å². The van der Waals surface area contributed by atoms with Gasteiger partial charge in [-0.2, -0.15) is 0 Å². The monoisotopic (exact) mass is 1090 g/mol. The number of aryl methyl sites for hydroxylation is 2. The first-order valence-corrected chi connectivity index (χ1v) is 19.6. The van der Waals surface area contributed by atoms with Crippen LogP contribution in [-0.4, -0.2) is 11.4 Å². The van der Waals surface area contributed by atoms with Crippen LogP contribution >= 0.6 is 95.6 Å². The van der Waals surface area contributed by atoms with Crippen LogP contribution in [0.25, 0.3) is 0 Å². The van der Waals surface area contributed by atoms with Crippen molar-refractivity contribution in [3.8, 4) is 34.5 Å². The first-order chi connectivity index (χ1) is 22.5. The van der Waals surface area contributed by atoms with Gasteiger partial charge in [-0.25, -0.2) is 0 Å². The van der Waals surface area contributed by atoms with Gasteiger partial charge < -0.3 is 19.7 Å². The fourth-order valence-corrected chi connectivity index (χ4v) is 7.97. The second-order valence-corrected chi connectivity index (χ2v) is 16.6. The summed E-state index contributed by atoms with van der Waals surface area (Å²) in [6.45, 7) is 17.2. The number of hydrogen-bond donors (Lipinski definition) is 0. The Morgan fingerprint density at radius 1 is 0.551 bits per heavy atom. The Morgan fingerprint density at radius 3 is 1.24 bits per heavy atom. The van der Waals surface area contributed by atoms with Crippen LogP contribution in [0.2, 0.25) is 0 Å². The van der Waals surface area contributed by atoms with E-state index in [-0.39, 0.29) is 36.9 Å². The molecule has 0 saturated heterocycles. The Bertz CT molecular complexity index is 1800. The molecule has 49 heavy (non-hydrogen) atoms. The summed E-state index contributed by atoms with van der Waals surface area (Å²) in [7, 11) is 0. The van der Waals surface area contributed by atoms with Gasteiger partial charge in [0.15, 0.2) is 23.0 Å². The molecule has 262 valence electrons. The van der Waals surface area contributed by atoms with E-state index in [9.17, 15) is 10.2 Å². The zero-order chi connectivity index (χ0) is 35.8. The molecular formula is C36H32Br6N2NiO4. The predicted molar refractivity (Wildman–Crippen MR) is 214 cm³/mol. The van der Waals surface area contributed by atoms with Gasteiger partial charge in [0.05, 0.1) is 49.6 Å². The van der Waals surface area contributed by atoms with Crippen molar-refractivity contribution < 1.29 is 36.2 Å². The van der Waals surface area contributed by atoms with Crippen molar-refractivity contribution in [2.24, 2.45) is 9.98 Å². The van der Waals surface area contributed by atoms with Gasteiger partial charge in [-0.05, 0) is 157 Å². The molecule has 0 fully saturated rings. The van der Waals surface area contributed by atoms with Crippen LogP contribution in [0.15, 0.2) is 73.2 Å². The Kier molecular flexibility index (Phi) is 15.1. The van der Waals surface area contributed by atoms with Crippen LogP contribution in [0, 0.1) is 13.8 Å². The molecule has 0 atom stereocenters. The third kappa shape index (κ3) is 8.89. The minimum atomic E-state index is -0.705. The van der Waals surface area contributed by atoms with E-state index < -0.39 is 11.5 Å². The van der Waals surface area contributed by atoms with E-state index in [0.29, 0.717) is 41.2 Å². The minimum Gasteiger partial charge on any atom is -0.872 e. The smallest absolute Gasteiger partial charge is 0.872 e. The summed E-state index contributed by atoms with van der Waals surface area (Å²) in [6, 6.07) is 12.8. The Labute approximate surface area is 348 Å². The molecule has 1 aliphatic heterocycles. The van der Waals surface area contributed by atoms with Crippen LogP contribution in [-0.2, 0) is 16.5 Å². The fraction of sp³-hybridized carbons (Fsp3) is 0.278. The van der Waals surface area contributed by atoms with Crippen LogP contribution in [0.1, 0.15) is 75.6 Å². The van der Waals surface area contributed by atoms with Gasteiger partial charge in [0.25, 0.3) is 0 Å². The number of halogens is 6. The molecule has 0 aromatic heterocycles. The second kappa shape index (κ2) is 17.5. The molecule has 6 nitrogen and oxygen atoms in total. The van der Waals surface area contributed by atoms with Crippen molar-refractivity contribution in [3.05, 3.63) is 85.5 Å². The van der Waals surface area contributed by atoms with Crippen molar-refractivity contribution >= 4 is 118 Å². The van der Waals surface area contributed by atoms with E-state index in [1.807, 2.05) is 0 Å². The largest absolute Gasteiger partial charge is 2.00 e. The van der Waals surface area contributed by atoms with Crippen LogP contribution in [0.3, 0.4) is 0 Å². The molecule has 0 saturated carbocycles. The molecular weight excluding hydrogens is 1060 g/mol. The quantitative estimate of drug-likeness (QED) is 0.0759. The van der Waals surface area contributed by atoms with Gasteiger partial charge in [-0.3, -0.25) is 9.98 Å². The van der Waals surface area contributed by atoms with Crippen molar-refractivity contribution in [1.82, 2.24) is 0 Å². The minimum absolute atomic E-state index is 0. The van der Waals surface area contributed by atoms with Crippen molar-refractivity contribution in [2.75, 3.05) is 0 Å². The number of aliphatic imine (C=N–C) groups is 2. The molecule has 4 aromatic rings. The molecule has 0 radical (unpaired) electrons. The number of para-hydroxylation sites is 2. The second-order valence-electron chi connectivity index (χ2n) is 11.8. The number of ether oxygens (including phenoxy) is 2. The summed E-state index contributed by atoms with van der Waals surface area (Å²) in [5.74, 6) is 0.511. The summed E-state index contributed by atoms with van der Waals surface area (Å²) in [5.41, 5.74) is 9.11. The van der Waals surface area contributed by atoms with Gasteiger partial charge in [0.1, 0.15) is 0 Å². The standard InChI is InChI=1S/C24H32N2.C12H2Br6O4.Ni/c1-15(2)21-13-10-14-22(16(3)4)24(21)26-20(8)19(7)25-23-17(5)11-9-12-18(23)6;13-1-2(14)4(16)10-9(3(1)15)21-11-5(17)7(19)8(20)6(18)12(11)22-10;/h9-16H,1-8H3;19-20H;/q;;+2/p-2. The summed E-state index contributed by atoms with van der Waals surface area (Å²) < 4.78 is 14.3. The number of rotatable bonds is 5. The third-order valence-corrected chi connectivity index (χ3v) is 13.8. The third-order valence-electron chi connectivity index (χ3n) is 7.67. The van der Waals surface area contributed by atoms with Crippen molar-refractivity contribution in [2.45, 2.75) is 67.2 Å². The number of nitrogens with zero attached hydrogens (tertiary/aromatic N) is 2. The van der Waals surface area contributed by atoms with Crippen molar-refractivity contribution in [3.63, 3.8) is 0 Å². The molecule has 0 N–H and O–H groups in total. The zero-order valence-electron chi connectivity index (χ0n) is 27.7. The molecule has 5 rings (SSSR count). The normalized spacial score (nSPS) is 12.4. The van der Waals surface area contributed by atoms with E-state index in [0.717, 1.165) is 22.8 Å². The Hall–Kier alpha value is -1.21. The molecule has 0 aliphatic carbocycles. The Morgan fingerprint density at radius 2 is 0.878 bits per heavy atom. The van der Waals surface area contributed by atoms with E-state index in [1.54, 1.807) is 0 Å². The van der Waals surface area contributed by atoms with Gasteiger partial charge >= 0.3 is 16.5 Å². The topological polar surface area (TPSA) is 89.3 Å². The first-order valence-electron chi connectivity index (χ1n) is 14.9. The average Bonchev–Trinajstić information content (AvgIpc) is 3.05. The number of benzene rings is 4. The predicted octanol–water partition coefficient (Wildman–Crippen LogP) is 13.7. The van der Waals surface area contributed by atoms with E-state index in [2.05, 4.69) is 187 Å². The molecule has 0 bridgehead atoms. The molecule has 13 heteroatoms. The summed E-state index contributed by atoms with van der Waals surface area (Å²) in [5, 5.41) is 23.8. The summed E-state index contributed by atoms with van der Waals surface area (Å²) in [6.07, 6.45) is 0.